The molecule has 138 valence electrons. The smallest absolute Gasteiger partial charge is 0.225 e. The van der Waals surface area contributed by atoms with Crippen molar-refractivity contribution in [3.63, 3.8) is 0 Å². The van der Waals surface area contributed by atoms with Crippen LogP contribution in [0, 0.1) is 12.8 Å². The molecule has 1 fully saturated rings. The highest BCUT2D eigenvalue weighted by Crippen LogP contribution is 2.31. The Bertz CT molecular complexity index is 760. The van der Waals surface area contributed by atoms with E-state index in [1.165, 1.54) is 11.1 Å². The highest BCUT2D eigenvalue weighted by molar-refractivity contribution is 5.78. The largest absolute Gasteiger partial charge is 0.497 e. The molecule has 1 amide bonds. The van der Waals surface area contributed by atoms with Gasteiger partial charge in [0, 0.05) is 36.3 Å². The summed E-state index contributed by atoms with van der Waals surface area (Å²) in [5.41, 5.74) is 4.54. The number of ether oxygens (including phenoxy) is 1. The van der Waals surface area contributed by atoms with Crippen molar-refractivity contribution in [2.75, 3.05) is 20.2 Å². The van der Waals surface area contributed by atoms with Crippen LogP contribution in [-0.2, 0) is 4.79 Å². The monoisotopic (exact) mass is 352 g/mol. The first-order valence-electron chi connectivity index (χ1n) is 9.39. The maximum absolute atomic E-state index is 12.2. The second-order valence-corrected chi connectivity index (χ2v) is 7.40. The minimum atomic E-state index is 0.0744. The van der Waals surface area contributed by atoms with Crippen LogP contribution >= 0.6 is 0 Å². The average molecular weight is 352 g/mol. The van der Waals surface area contributed by atoms with Gasteiger partial charge < -0.3 is 9.64 Å². The summed E-state index contributed by atoms with van der Waals surface area (Å²) in [4.78, 5) is 19.0. The molecule has 1 aliphatic heterocycles. The number of hydrogen-bond acceptors (Lipinski definition) is 3. The zero-order chi connectivity index (χ0) is 18.7. The molecule has 2 aromatic rings. The van der Waals surface area contributed by atoms with E-state index < -0.39 is 0 Å². The first-order chi connectivity index (χ1) is 12.5. The average Bonchev–Trinajstić information content (AvgIpc) is 2.67. The topological polar surface area (TPSA) is 42.4 Å². The summed E-state index contributed by atoms with van der Waals surface area (Å²) in [5, 5.41) is 0. The lowest BCUT2D eigenvalue weighted by atomic mass is 9.90. The molecular weight excluding hydrogens is 324 g/mol. The number of aromatic nitrogens is 1. The molecule has 3 rings (SSSR count). The van der Waals surface area contributed by atoms with E-state index in [2.05, 4.69) is 24.3 Å². The van der Waals surface area contributed by atoms with Gasteiger partial charge in [0.25, 0.3) is 0 Å². The van der Waals surface area contributed by atoms with Gasteiger partial charge in [-0.15, -0.1) is 0 Å². The van der Waals surface area contributed by atoms with E-state index in [0.717, 1.165) is 43.1 Å². The van der Waals surface area contributed by atoms with Crippen molar-refractivity contribution in [3.05, 3.63) is 47.8 Å². The van der Waals surface area contributed by atoms with E-state index in [1.54, 1.807) is 7.11 Å². The zero-order valence-corrected chi connectivity index (χ0v) is 16.2. The molecule has 26 heavy (non-hydrogen) atoms. The predicted molar refractivity (Wildman–Crippen MR) is 104 cm³/mol. The number of rotatable bonds is 4. The second-order valence-electron chi connectivity index (χ2n) is 7.40. The van der Waals surface area contributed by atoms with Crippen LogP contribution in [0.5, 0.6) is 5.75 Å². The quantitative estimate of drug-likeness (QED) is 0.817. The predicted octanol–water partition coefficient (Wildman–Crippen LogP) is 4.43. The van der Waals surface area contributed by atoms with Gasteiger partial charge in [-0.05, 0) is 55.2 Å². The molecule has 0 aliphatic carbocycles. The lowest BCUT2D eigenvalue weighted by molar-refractivity contribution is -0.135. The number of pyridine rings is 1. The Kier molecular flexibility index (Phi) is 5.60. The molecule has 0 unspecified atom stereocenters. The van der Waals surface area contributed by atoms with Crippen molar-refractivity contribution in [1.82, 2.24) is 9.88 Å². The van der Waals surface area contributed by atoms with Gasteiger partial charge in [0.1, 0.15) is 5.75 Å². The number of aryl methyl sites for hydroxylation is 1. The molecule has 1 saturated heterocycles. The van der Waals surface area contributed by atoms with E-state index in [1.807, 2.05) is 37.8 Å². The zero-order valence-electron chi connectivity index (χ0n) is 16.2. The summed E-state index contributed by atoms with van der Waals surface area (Å²) >= 11 is 0. The van der Waals surface area contributed by atoms with Crippen molar-refractivity contribution in [2.24, 2.45) is 5.92 Å². The molecule has 0 bridgehead atoms. The highest BCUT2D eigenvalue weighted by atomic mass is 16.5. The molecule has 2 heterocycles. The van der Waals surface area contributed by atoms with E-state index in [4.69, 9.17) is 9.72 Å². The van der Waals surface area contributed by atoms with Gasteiger partial charge in [-0.1, -0.05) is 26.0 Å². The van der Waals surface area contributed by atoms with Crippen LogP contribution in [0.3, 0.4) is 0 Å². The fourth-order valence-electron chi connectivity index (χ4n) is 3.61. The maximum atomic E-state index is 12.2. The number of carbonyl (C=O) groups is 1. The number of likely N-dealkylation sites (tertiary alicyclic amines) is 1. The Hall–Kier alpha value is -2.36. The SMILES string of the molecule is COc1ccc(-c2cc(C)nc(C3CCN(C(=O)C(C)C)CC3)c2)cc1. The Morgan fingerprint density at radius 2 is 1.77 bits per heavy atom. The highest BCUT2D eigenvalue weighted by Gasteiger charge is 2.26. The fraction of sp³-hybridized carbons (Fsp3) is 0.455. The third kappa shape index (κ3) is 4.06. The van der Waals surface area contributed by atoms with Crippen LogP contribution in [0.4, 0.5) is 0 Å². The summed E-state index contributed by atoms with van der Waals surface area (Å²) in [5.74, 6) is 1.62. The van der Waals surface area contributed by atoms with Crippen LogP contribution in [0.25, 0.3) is 11.1 Å². The van der Waals surface area contributed by atoms with E-state index >= 15 is 0 Å². The van der Waals surface area contributed by atoms with E-state index in [9.17, 15) is 4.79 Å². The Labute approximate surface area is 156 Å². The molecule has 1 aromatic heterocycles. The maximum Gasteiger partial charge on any atom is 0.225 e. The molecule has 1 aromatic carbocycles. The number of amides is 1. The second kappa shape index (κ2) is 7.90. The summed E-state index contributed by atoms with van der Waals surface area (Å²) in [6.45, 7) is 7.65. The minimum Gasteiger partial charge on any atom is -0.497 e. The van der Waals surface area contributed by atoms with Crippen LogP contribution in [0.2, 0.25) is 0 Å². The van der Waals surface area contributed by atoms with E-state index in [0.29, 0.717) is 5.92 Å². The Morgan fingerprint density at radius 3 is 2.35 bits per heavy atom. The minimum absolute atomic E-state index is 0.0744. The molecule has 0 saturated carbocycles. The Morgan fingerprint density at radius 1 is 1.12 bits per heavy atom. The lowest BCUT2D eigenvalue weighted by Crippen LogP contribution is -2.40. The summed E-state index contributed by atoms with van der Waals surface area (Å²) < 4.78 is 5.25. The van der Waals surface area contributed by atoms with E-state index in [-0.39, 0.29) is 11.8 Å². The molecule has 1 aliphatic rings. The van der Waals surface area contributed by atoms with Gasteiger partial charge in [0.15, 0.2) is 0 Å². The van der Waals surface area contributed by atoms with Crippen molar-refractivity contribution in [3.8, 4) is 16.9 Å². The lowest BCUT2D eigenvalue weighted by Gasteiger charge is -2.33. The molecule has 4 nitrogen and oxygen atoms in total. The third-order valence-electron chi connectivity index (χ3n) is 5.12. The van der Waals surface area contributed by atoms with Gasteiger partial charge in [-0.25, -0.2) is 0 Å². The molecule has 0 atom stereocenters. The number of hydrogen-bond donors (Lipinski definition) is 0. The number of benzene rings is 1. The molecule has 0 radical (unpaired) electrons. The van der Waals surface area contributed by atoms with Gasteiger partial charge in [0.05, 0.1) is 7.11 Å². The van der Waals surface area contributed by atoms with Crippen molar-refractivity contribution in [2.45, 2.75) is 39.5 Å². The van der Waals surface area contributed by atoms with Crippen LogP contribution in [0.15, 0.2) is 36.4 Å². The first-order valence-corrected chi connectivity index (χ1v) is 9.39. The molecule has 4 heteroatoms. The number of methoxy groups -OCH3 is 1. The van der Waals surface area contributed by atoms with Gasteiger partial charge in [-0.3, -0.25) is 9.78 Å². The van der Waals surface area contributed by atoms with Crippen molar-refractivity contribution in [1.29, 1.82) is 0 Å². The van der Waals surface area contributed by atoms with Gasteiger partial charge >= 0.3 is 0 Å². The van der Waals surface area contributed by atoms with Crippen LogP contribution < -0.4 is 4.74 Å². The number of nitrogens with zero attached hydrogens (tertiary/aromatic N) is 2. The number of piperidine rings is 1. The van der Waals surface area contributed by atoms with Crippen LogP contribution in [0.1, 0.15) is 44.0 Å². The van der Waals surface area contributed by atoms with Crippen molar-refractivity contribution < 1.29 is 9.53 Å². The van der Waals surface area contributed by atoms with Crippen molar-refractivity contribution >= 4 is 5.91 Å². The molecule has 0 N–H and O–H groups in total. The molecular formula is C22H28N2O2. The van der Waals surface area contributed by atoms with Crippen LogP contribution in [-0.4, -0.2) is 36.0 Å². The summed E-state index contributed by atoms with van der Waals surface area (Å²) in [7, 11) is 1.68. The first kappa shape index (κ1) is 18.4. The Balaban J connectivity index is 1.77. The summed E-state index contributed by atoms with van der Waals surface area (Å²) in [6.07, 6.45) is 1.97. The number of carbonyl (C=O) groups excluding carboxylic acids is 1. The fourth-order valence-corrected chi connectivity index (χ4v) is 3.61. The normalized spacial score (nSPS) is 15.3. The third-order valence-corrected chi connectivity index (χ3v) is 5.12. The summed E-state index contributed by atoms with van der Waals surface area (Å²) in [6, 6.07) is 12.5. The van der Waals surface area contributed by atoms with Gasteiger partial charge in [0.2, 0.25) is 5.91 Å². The standard InChI is InChI=1S/C22H28N2O2/c1-15(2)22(25)24-11-9-18(10-12-24)21-14-19(13-16(3)23-21)17-5-7-20(26-4)8-6-17/h5-8,13-15,18H,9-12H2,1-4H3. The molecule has 0 spiro atoms. The van der Waals surface area contributed by atoms with Gasteiger partial charge in [-0.2, -0.15) is 0 Å².